The van der Waals surface area contributed by atoms with Gasteiger partial charge in [0.15, 0.2) is 0 Å². The van der Waals surface area contributed by atoms with E-state index in [9.17, 15) is 4.79 Å². The van der Waals surface area contributed by atoms with E-state index >= 15 is 0 Å². The molecule has 0 saturated carbocycles. The van der Waals surface area contributed by atoms with Crippen molar-refractivity contribution in [1.82, 2.24) is 14.9 Å². The van der Waals surface area contributed by atoms with E-state index in [-0.39, 0.29) is 0 Å². The van der Waals surface area contributed by atoms with E-state index in [1.54, 1.807) is 23.7 Å². The molecule has 0 N–H and O–H groups in total. The number of aryl methyl sites for hydroxylation is 1. The Morgan fingerprint density at radius 1 is 0.964 bits per heavy atom. The van der Waals surface area contributed by atoms with Crippen molar-refractivity contribution in [3.63, 3.8) is 0 Å². The molecule has 0 atom stereocenters. The minimum Gasteiger partial charge on any atom is -0.338 e. The predicted octanol–water partition coefficient (Wildman–Crippen LogP) is 3.20. The van der Waals surface area contributed by atoms with Crippen LogP contribution in [0.15, 0.2) is 29.9 Å². The first kappa shape index (κ1) is 19.3. The lowest BCUT2D eigenvalue weighted by molar-refractivity contribution is -0.118. The summed E-state index contributed by atoms with van der Waals surface area (Å²) in [6, 6.07) is 3.99. The number of piperazine rings is 1. The van der Waals surface area contributed by atoms with E-state index in [1.807, 2.05) is 6.07 Å². The molecule has 0 radical (unpaired) electrons. The molecule has 0 aromatic carbocycles. The monoisotopic (exact) mass is 399 g/mol. The van der Waals surface area contributed by atoms with Crippen molar-refractivity contribution in [2.24, 2.45) is 0 Å². The van der Waals surface area contributed by atoms with Crippen LogP contribution in [0.5, 0.6) is 0 Å². The van der Waals surface area contributed by atoms with Crippen molar-refractivity contribution in [3.8, 4) is 0 Å². The first-order valence-electron chi connectivity index (χ1n) is 10.4. The van der Waals surface area contributed by atoms with Crippen LogP contribution in [0.2, 0.25) is 0 Å². The van der Waals surface area contributed by atoms with Crippen molar-refractivity contribution in [3.05, 3.63) is 34.8 Å². The number of unbranched alkanes of at least 4 members (excludes halogenated alkanes) is 1. The first-order chi connectivity index (χ1) is 13.8. The number of rotatable bonds is 6. The van der Waals surface area contributed by atoms with Crippen LogP contribution in [0, 0.1) is 0 Å². The molecule has 6 nitrogen and oxygen atoms in total. The Morgan fingerprint density at radius 2 is 1.71 bits per heavy atom. The van der Waals surface area contributed by atoms with Crippen LogP contribution in [-0.2, 0) is 11.2 Å². The van der Waals surface area contributed by atoms with Crippen molar-refractivity contribution < 1.29 is 4.79 Å². The molecular weight excluding hydrogens is 370 g/mol. The van der Waals surface area contributed by atoms with Gasteiger partial charge in [0, 0.05) is 56.4 Å². The summed E-state index contributed by atoms with van der Waals surface area (Å²) in [7, 11) is 0. The molecule has 1 saturated heterocycles. The quantitative estimate of drug-likeness (QED) is 0.698. The highest BCUT2D eigenvalue weighted by Crippen LogP contribution is 2.31. The Morgan fingerprint density at radius 3 is 2.54 bits per heavy atom. The van der Waals surface area contributed by atoms with Crippen molar-refractivity contribution >= 4 is 28.9 Å². The van der Waals surface area contributed by atoms with Gasteiger partial charge in [-0.3, -0.25) is 9.69 Å². The zero-order chi connectivity index (χ0) is 19.2. The van der Waals surface area contributed by atoms with Gasteiger partial charge in [-0.2, -0.15) is 0 Å². The van der Waals surface area contributed by atoms with Gasteiger partial charge in [0.1, 0.15) is 0 Å². The molecule has 0 unspecified atom stereocenters. The molecule has 28 heavy (non-hydrogen) atoms. The zero-order valence-corrected chi connectivity index (χ0v) is 17.2. The fourth-order valence-electron chi connectivity index (χ4n) is 4.07. The predicted molar refractivity (Wildman–Crippen MR) is 114 cm³/mol. The summed E-state index contributed by atoms with van der Waals surface area (Å²) in [5, 5.41) is 2.13. The molecule has 2 aliphatic rings. The summed E-state index contributed by atoms with van der Waals surface area (Å²) in [6.45, 7) is 6.01. The van der Waals surface area contributed by atoms with Gasteiger partial charge >= 0.3 is 0 Å². The van der Waals surface area contributed by atoms with E-state index in [4.69, 9.17) is 0 Å². The number of hydrogen-bond acceptors (Lipinski definition) is 6. The Hall–Kier alpha value is -1.99. The number of amides is 1. The lowest BCUT2D eigenvalue weighted by Crippen LogP contribution is -2.47. The van der Waals surface area contributed by atoms with E-state index in [0.717, 1.165) is 77.3 Å². The lowest BCUT2D eigenvalue weighted by atomic mass is 10.1. The third kappa shape index (κ3) is 4.70. The van der Waals surface area contributed by atoms with Gasteiger partial charge in [-0.15, -0.1) is 11.3 Å². The molecule has 150 valence electrons. The van der Waals surface area contributed by atoms with Crippen LogP contribution < -0.4 is 9.80 Å². The summed E-state index contributed by atoms with van der Waals surface area (Å²) >= 11 is 1.80. The second kappa shape index (κ2) is 9.47. The molecular formula is C21H29N5OS. The SMILES string of the molecule is O=C1CCCCc2sccc2N1CCCCN1CCN(c2ncccn2)CC1. The number of carbonyl (C=O) groups excluding carboxylic acids is 1. The maximum Gasteiger partial charge on any atom is 0.227 e. The first-order valence-corrected chi connectivity index (χ1v) is 11.3. The Bertz CT molecular complexity index is 757. The number of aromatic nitrogens is 2. The number of nitrogens with zero attached hydrogens (tertiary/aromatic N) is 5. The Kier molecular flexibility index (Phi) is 6.54. The molecule has 0 aliphatic carbocycles. The normalized spacial score (nSPS) is 18.6. The lowest BCUT2D eigenvalue weighted by Gasteiger charge is -2.34. The van der Waals surface area contributed by atoms with E-state index < -0.39 is 0 Å². The molecule has 1 fully saturated rings. The second-order valence-corrected chi connectivity index (χ2v) is 8.57. The molecule has 2 aliphatic heterocycles. The zero-order valence-electron chi connectivity index (χ0n) is 16.4. The van der Waals surface area contributed by atoms with Gasteiger partial charge in [0.25, 0.3) is 0 Å². The second-order valence-electron chi connectivity index (χ2n) is 7.57. The number of fused-ring (bicyclic) bond motifs is 1. The van der Waals surface area contributed by atoms with Gasteiger partial charge in [0.05, 0.1) is 5.69 Å². The third-order valence-corrected chi connectivity index (χ3v) is 6.64. The molecule has 0 spiro atoms. The Balaban J connectivity index is 1.22. The topological polar surface area (TPSA) is 52.6 Å². The van der Waals surface area contributed by atoms with Gasteiger partial charge < -0.3 is 9.80 Å². The molecule has 1 amide bonds. The Labute approximate surface area is 171 Å². The highest BCUT2D eigenvalue weighted by molar-refractivity contribution is 7.10. The van der Waals surface area contributed by atoms with Gasteiger partial charge in [-0.1, -0.05) is 0 Å². The van der Waals surface area contributed by atoms with Crippen LogP contribution in [0.25, 0.3) is 0 Å². The summed E-state index contributed by atoms with van der Waals surface area (Å²) in [5.41, 5.74) is 1.17. The van der Waals surface area contributed by atoms with E-state index in [2.05, 4.69) is 36.1 Å². The van der Waals surface area contributed by atoms with Crippen LogP contribution in [0.3, 0.4) is 0 Å². The van der Waals surface area contributed by atoms with Crippen molar-refractivity contribution in [2.75, 3.05) is 49.1 Å². The molecule has 2 aromatic rings. The molecule has 4 rings (SSSR count). The van der Waals surface area contributed by atoms with E-state index in [1.165, 1.54) is 10.6 Å². The number of anilines is 2. The van der Waals surface area contributed by atoms with Crippen molar-refractivity contribution in [1.29, 1.82) is 0 Å². The smallest absolute Gasteiger partial charge is 0.227 e. The maximum atomic E-state index is 12.6. The molecule has 0 bridgehead atoms. The molecule has 4 heterocycles. The number of hydrogen-bond donors (Lipinski definition) is 0. The highest BCUT2D eigenvalue weighted by Gasteiger charge is 2.22. The fourth-order valence-corrected chi connectivity index (χ4v) is 4.99. The average molecular weight is 400 g/mol. The van der Waals surface area contributed by atoms with Crippen LogP contribution in [0.1, 0.15) is 37.0 Å². The maximum absolute atomic E-state index is 12.6. The molecule has 7 heteroatoms. The van der Waals surface area contributed by atoms with Gasteiger partial charge in [-0.25, -0.2) is 9.97 Å². The van der Waals surface area contributed by atoms with Crippen molar-refractivity contribution in [2.45, 2.75) is 38.5 Å². The summed E-state index contributed by atoms with van der Waals surface area (Å²) in [4.78, 5) is 29.5. The van der Waals surface area contributed by atoms with Crippen LogP contribution >= 0.6 is 11.3 Å². The number of carbonyl (C=O) groups is 1. The summed E-state index contributed by atoms with van der Waals surface area (Å²) < 4.78 is 0. The minimum atomic E-state index is 0.302. The standard InChI is InChI=1S/C21H29N5OS/c27-20-7-2-1-6-19-18(8-17-28-19)26(20)12-4-3-11-24-13-15-25(16-14-24)21-22-9-5-10-23-21/h5,8-10,17H,1-4,6-7,11-16H2. The van der Waals surface area contributed by atoms with Gasteiger partial charge in [-0.05, 0) is 56.2 Å². The molecule has 2 aromatic heterocycles. The van der Waals surface area contributed by atoms with E-state index in [0.29, 0.717) is 12.3 Å². The minimum absolute atomic E-state index is 0.302. The summed E-state index contributed by atoms with van der Waals surface area (Å²) in [5.74, 6) is 1.14. The third-order valence-electron chi connectivity index (χ3n) is 5.67. The number of thiophene rings is 1. The van der Waals surface area contributed by atoms with Gasteiger partial charge in [0.2, 0.25) is 11.9 Å². The fraction of sp³-hybridized carbons (Fsp3) is 0.571. The average Bonchev–Trinajstić information content (AvgIpc) is 3.18. The summed E-state index contributed by atoms with van der Waals surface area (Å²) in [6.07, 6.45) is 9.76. The highest BCUT2D eigenvalue weighted by atomic mass is 32.1. The van der Waals surface area contributed by atoms with Crippen LogP contribution in [-0.4, -0.2) is 60.0 Å². The largest absolute Gasteiger partial charge is 0.338 e. The van der Waals surface area contributed by atoms with Crippen LogP contribution in [0.4, 0.5) is 11.6 Å².